The lowest BCUT2D eigenvalue weighted by Crippen LogP contribution is -2.37. The van der Waals surface area contributed by atoms with Crippen molar-refractivity contribution in [3.63, 3.8) is 0 Å². The number of rotatable bonds is 3. The summed E-state index contributed by atoms with van der Waals surface area (Å²) in [5, 5.41) is 9.31. The number of imide groups is 1. The van der Waals surface area contributed by atoms with Crippen LogP contribution in [0.2, 0.25) is 0 Å². The Labute approximate surface area is 88.6 Å². The van der Waals surface area contributed by atoms with Crippen LogP contribution in [0, 0.1) is 0 Å². The van der Waals surface area contributed by atoms with E-state index >= 15 is 0 Å². The van der Waals surface area contributed by atoms with Crippen LogP contribution in [0.5, 0.6) is 0 Å². The van der Waals surface area contributed by atoms with Crippen molar-refractivity contribution >= 4 is 11.8 Å². The minimum atomic E-state index is -0.241. The van der Waals surface area contributed by atoms with Crippen molar-refractivity contribution in [3.05, 3.63) is 0 Å². The molecule has 5 nitrogen and oxygen atoms in total. The van der Waals surface area contributed by atoms with E-state index in [2.05, 4.69) is 4.90 Å². The summed E-state index contributed by atoms with van der Waals surface area (Å²) in [6.07, 6.45) is 1.28. The summed E-state index contributed by atoms with van der Waals surface area (Å²) in [5.74, 6) is -0.112. The summed E-state index contributed by atoms with van der Waals surface area (Å²) in [4.78, 5) is 26.0. The monoisotopic (exact) mass is 212 g/mol. The first-order chi connectivity index (χ1) is 7.16. The van der Waals surface area contributed by atoms with E-state index in [1.54, 1.807) is 0 Å². The number of hydrogen-bond acceptors (Lipinski definition) is 4. The SMILES string of the molecule is O=C1CCC(=O)N1CCN1CC[C@@H](O)C1. The Kier molecular flexibility index (Phi) is 3.02. The minimum absolute atomic E-state index is 0.0558. The van der Waals surface area contributed by atoms with Gasteiger partial charge in [0.05, 0.1) is 6.10 Å². The molecule has 2 fully saturated rings. The van der Waals surface area contributed by atoms with E-state index in [0.717, 1.165) is 13.0 Å². The van der Waals surface area contributed by atoms with Gasteiger partial charge in [-0.25, -0.2) is 0 Å². The largest absolute Gasteiger partial charge is 0.392 e. The van der Waals surface area contributed by atoms with Crippen LogP contribution in [0.3, 0.4) is 0 Å². The number of aliphatic hydroxyl groups is 1. The summed E-state index contributed by atoms with van der Waals surface area (Å²) in [6.45, 7) is 2.69. The number of likely N-dealkylation sites (tertiary alicyclic amines) is 2. The van der Waals surface area contributed by atoms with Crippen molar-refractivity contribution in [2.24, 2.45) is 0 Å². The summed E-state index contributed by atoms with van der Waals surface area (Å²) in [6, 6.07) is 0. The molecule has 0 aromatic rings. The molecular formula is C10H16N2O3. The average Bonchev–Trinajstić information content (AvgIpc) is 2.73. The lowest BCUT2D eigenvalue weighted by atomic mass is 10.3. The highest BCUT2D eigenvalue weighted by Crippen LogP contribution is 2.13. The number of carbonyl (C=O) groups is 2. The van der Waals surface area contributed by atoms with Gasteiger partial charge in [-0.3, -0.25) is 19.4 Å². The van der Waals surface area contributed by atoms with Crippen LogP contribution in [-0.2, 0) is 9.59 Å². The number of carbonyl (C=O) groups excluding carboxylic acids is 2. The first-order valence-corrected chi connectivity index (χ1v) is 5.40. The fourth-order valence-corrected chi connectivity index (χ4v) is 2.13. The van der Waals surface area contributed by atoms with Gasteiger partial charge in [0, 0.05) is 39.0 Å². The van der Waals surface area contributed by atoms with Gasteiger partial charge in [-0.1, -0.05) is 0 Å². The second-order valence-corrected chi connectivity index (χ2v) is 4.18. The van der Waals surface area contributed by atoms with Gasteiger partial charge in [0.2, 0.25) is 11.8 Å². The second kappa shape index (κ2) is 4.28. The van der Waals surface area contributed by atoms with E-state index in [9.17, 15) is 14.7 Å². The van der Waals surface area contributed by atoms with Crippen molar-refractivity contribution in [1.29, 1.82) is 0 Å². The molecule has 2 aliphatic rings. The van der Waals surface area contributed by atoms with Crippen LogP contribution < -0.4 is 0 Å². The molecule has 1 N–H and O–H groups in total. The summed E-state index contributed by atoms with van der Waals surface area (Å²) >= 11 is 0. The molecule has 0 unspecified atom stereocenters. The summed E-state index contributed by atoms with van der Waals surface area (Å²) in [7, 11) is 0. The van der Waals surface area contributed by atoms with E-state index in [-0.39, 0.29) is 17.9 Å². The fraction of sp³-hybridized carbons (Fsp3) is 0.800. The van der Waals surface area contributed by atoms with Crippen LogP contribution in [0.25, 0.3) is 0 Å². The quantitative estimate of drug-likeness (QED) is 0.622. The third-order valence-corrected chi connectivity index (χ3v) is 3.04. The van der Waals surface area contributed by atoms with Gasteiger partial charge in [0.15, 0.2) is 0 Å². The summed E-state index contributed by atoms with van der Waals surface area (Å²) < 4.78 is 0. The van der Waals surface area contributed by atoms with Crippen molar-refractivity contribution in [3.8, 4) is 0 Å². The van der Waals surface area contributed by atoms with Crippen molar-refractivity contribution in [1.82, 2.24) is 9.80 Å². The molecule has 2 saturated heterocycles. The van der Waals surface area contributed by atoms with Gasteiger partial charge in [-0.05, 0) is 6.42 Å². The van der Waals surface area contributed by atoms with Gasteiger partial charge < -0.3 is 5.11 Å². The van der Waals surface area contributed by atoms with Crippen LogP contribution in [0.4, 0.5) is 0 Å². The molecule has 0 aromatic heterocycles. The molecule has 0 saturated carbocycles. The lowest BCUT2D eigenvalue weighted by molar-refractivity contribution is -0.138. The average molecular weight is 212 g/mol. The smallest absolute Gasteiger partial charge is 0.229 e. The van der Waals surface area contributed by atoms with Gasteiger partial charge in [-0.2, -0.15) is 0 Å². The molecule has 1 atom stereocenters. The Morgan fingerprint density at radius 3 is 2.40 bits per heavy atom. The molecule has 2 rings (SSSR count). The maximum Gasteiger partial charge on any atom is 0.229 e. The van der Waals surface area contributed by atoms with Crippen LogP contribution in [0.1, 0.15) is 19.3 Å². The molecule has 15 heavy (non-hydrogen) atoms. The molecule has 2 amide bonds. The van der Waals surface area contributed by atoms with Gasteiger partial charge in [-0.15, -0.1) is 0 Å². The van der Waals surface area contributed by atoms with Gasteiger partial charge in [0.25, 0.3) is 0 Å². The van der Waals surface area contributed by atoms with Crippen molar-refractivity contribution < 1.29 is 14.7 Å². The second-order valence-electron chi connectivity index (χ2n) is 4.18. The topological polar surface area (TPSA) is 60.9 Å². The van der Waals surface area contributed by atoms with Crippen molar-refractivity contribution in [2.75, 3.05) is 26.2 Å². The Bertz CT molecular complexity index is 264. The first kappa shape index (κ1) is 10.6. The highest BCUT2D eigenvalue weighted by Gasteiger charge is 2.29. The molecule has 2 heterocycles. The van der Waals surface area contributed by atoms with E-state index in [1.165, 1.54) is 4.90 Å². The Morgan fingerprint density at radius 2 is 1.87 bits per heavy atom. The molecule has 0 aromatic carbocycles. The molecule has 0 radical (unpaired) electrons. The zero-order valence-electron chi connectivity index (χ0n) is 8.69. The Balaban J connectivity index is 1.78. The number of amides is 2. The predicted octanol–water partition coefficient (Wildman–Crippen LogP) is -0.798. The standard InChI is InChI=1S/C10H16N2O3/c13-8-3-4-11(7-8)5-6-12-9(14)1-2-10(12)15/h8,13H,1-7H2/t8-/m1/s1. The Hall–Kier alpha value is -0.940. The molecule has 0 spiro atoms. The maximum atomic E-state index is 11.3. The van der Waals surface area contributed by atoms with E-state index < -0.39 is 0 Å². The third-order valence-electron chi connectivity index (χ3n) is 3.04. The highest BCUT2D eigenvalue weighted by atomic mass is 16.3. The summed E-state index contributed by atoms with van der Waals surface area (Å²) in [5.41, 5.74) is 0. The van der Waals surface area contributed by atoms with Gasteiger partial charge >= 0.3 is 0 Å². The van der Waals surface area contributed by atoms with Crippen LogP contribution in [-0.4, -0.2) is 59.0 Å². The molecule has 5 heteroatoms. The third kappa shape index (κ3) is 2.35. The molecule has 0 bridgehead atoms. The number of β-amino-alcohol motifs (C(OH)–C–C–N with tert-alkyl or cyclic N) is 1. The molecule has 84 valence electrons. The first-order valence-electron chi connectivity index (χ1n) is 5.40. The lowest BCUT2D eigenvalue weighted by Gasteiger charge is -2.19. The van der Waals surface area contributed by atoms with Gasteiger partial charge in [0.1, 0.15) is 0 Å². The molecule has 0 aliphatic carbocycles. The normalized spacial score (nSPS) is 28.1. The van der Waals surface area contributed by atoms with Crippen LogP contribution in [0.15, 0.2) is 0 Å². The number of hydrogen-bond donors (Lipinski definition) is 1. The number of aliphatic hydroxyl groups excluding tert-OH is 1. The zero-order chi connectivity index (χ0) is 10.8. The molecule has 2 aliphatic heterocycles. The predicted molar refractivity (Wildman–Crippen MR) is 53.0 cm³/mol. The van der Waals surface area contributed by atoms with E-state index in [0.29, 0.717) is 32.5 Å². The maximum absolute atomic E-state index is 11.3. The van der Waals surface area contributed by atoms with E-state index in [1.807, 2.05) is 0 Å². The molecular weight excluding hydrogens is 196 g/mol. The minimum Gasteiger partial charge on any atom is -0.392 e. The highest BCUT2D eigenvalue weighted by molar-refractivity contribution is 6.01. The Morgan fingerprint density at radius 1 is 1.20 bits per heavy atom. The van der Waals surface area contributed by atoms with Crippen molar-refractivity contribution in [2.45, 2.75) is 25.4 Å². The van der Waals surface area contributed by atoms with Crippen LogP contribution >= 0.6 is 0 Å². The fourth-order valence-electron chi connectivity index (χ4n) is 2.13. The zero-order valence-corrected chi connectivity index (χ0v) is 8.69. The van der Waals surface area contributed by atoms with E-state index in [4.69, 9.17) is 0 Å². The number of nitrogens with zero attached hydrogens (tertiary/aromatic N) is 2.